The molecule has 6 heteroatoms. The zero-order chi connectivity index (χ0) is 12.5. The van der Waals surface area contributed by atoms with Crippen molar-refractivity contribution in [3.8, 4) is 5.75 Å². The van der Waals surface area contributed by atoms with E-state index >= 15 is 0 Å². The summed E-state index contributed by atoms with van der Waals surface area (Å²) < 4.78 is 7.59. The molecule has 6 nitrogen and oxygen atoms in total. The van der Waals surface area contributed by atoms with Crippen molar-refractivity contribution in [1.82, 2.24) is 20.2 Å². The summed E-state index contributed by atoms with van der Waals surface area (Å²) >= 11 is 0. The molecule has 1 aliphatic carbocycles. The maximum atomic E-state index is 5.74. The van der Waals surface area contributed by atoms with Crippen LogP contribution >= 0.6 is 0 Å². The lowest BCUT2D eigenvalue weighted by Crippen LogP contribution is -2.07. The average Bonchev–Trinajstić information content (AvgIpc) is 3.08. The van der Waals surface area contributed by atoms with E-state index in [9.17, 15) is 0 Å². The summed E-state index contributed by atoms with van der Waals surface area (Å²) in [5.41, 5.74) is 7.45. The number of benzene rings is 1. The highest BCUT2D eigenvalue weighted by molar-refractivity contribution is 5.47. The minimum Gasteiger partial charge on any atom is -0.485 e. The van der Waals surface area contributed by atoms with Crippen LogP contribution in [0.3, 0.4) is 0 Å². The maximum absolute atomic E-state index is 5.74. The van der Waals surface area contributed by atoms with E-state index in [-0.39, 0.29) is 0 Å². The van der Waals surface area contributed by atoms with Gasteiger partial charge in [-0.15, -0.1) is 5.10 Å². The zero-order valence-electron chi connectivity index (χ0n) is 10.2. The van der Waals surface area contributed by atoms with Crippen LogP contribution in [0.25, 0.3) is 0 Å². The first-order chi connectivity index (χ1) is 8.74. The minimum atomic E-state index is 0.383. The second-order valence-electron chi connectivity index (χ2n) is 4.58. The Morgan fingerprint density at radius 3 is 3.00 bits per heavy atom. The summed E-state index contributed by atoms with van der Waals surface area (Å²) in [6.45, 7) is 2.35. The van der Waals surface area contributed by atoms with Crippen LogP contribution in [0.1, 0.15) is 30.3 Å². The fourth-order valence-electron chi connectivity index (χ4n) is 1.89. The van der Waals surface area contributed by atoms with Gasteiger partial charge in [0.25, 0.3) is 0 Å². The molecule has 2 N–H and O–H groups in total. The van der Waals surface area contributed by atoms with Gasteiger partial charge in [0.2, 0.25) is 0 Å². The zero-order valence-corrected chi connectivity index (χ0v) is 10.2. The summed E-state index contributed by atoms with van der Waals surface area (Å²) in [5, 5.41) is 11.7. The van der Waals surface area contributed by atoms with Crippen LogP contribution in [-0.2, 0) is 6.61 Å². The lowest BCUT2D eigenvalue weighted by atomic mass is 10.2. The summed E-state index contributed by atoms with van der Waals surface area (Å²) in [6.07, 6.45) is 2.30. The summed E-state index contributed by atoms with van der Waals surface area (Å²) in [4.78, 5) is 0. The lowest BCUT2D eigenvalue weighted by Gasteiger charge is -2.09. The highest BCUT2D eigenvalue weighted by Gasteiger charge is 2.27. The molecule has 0 saturated heterocycles. The van der Waals surface area contributed by atoms with Gasteiger partial charge >= 0.3 is 0 Å². The number of hydrogen-bond acceptors (Lipinski definition) is 5. The van der Waals surface area contributed by atoms with Crippen LogP contribution in [-0.4, -0.2) is 20.2 Å². The first-order valence-corrected chi connectivity index (χ1v) is 5.99. The highest BCUT2D eigenvalue weighted by Crippen LogP contribution is 2.34. The number of tetrazole rings is 1. The number of aromatic nitrogens is 4. The molecule has 94 valence electrons. The molecule has 0 aliphatic heterocycles. The molecule has 1 aliphatic rings. The van der Waals surface area contributed by atoms with Gasteiger partial charge in [-0.25, -0.2) is 4.68 Å². The lowest BCUT2D eigenvalue weighted by molar-refractivity contribution is 0.284. The van der Waals surface area contributed by atoms with E-state index in [1.807, 2.05) is 29.8 Å². The van der Waals surface area contributed by atoms with Crippen molar-refractivity contribution in [2.24, 2.45) is 0 Å². The van der Waals surface area contributed by atoms with Crippen molar-refractivity contribution < 1.29 is 4.74 Å². The first-order valence-electron chi connectivity index (χ1n) is 5.99. The van der Waals surface area contributed by atoms with Gasteiger partial charge in [-0.05, 0) is 54.0 Å². The van der Waals surface area contributed by atoms with Crippen LogP contribution in [0, 0.1) is 6.92 Å². The maximum Gasteiger partial charge on any atom is 0.189 e. The van der Waals surface area contributed by atoms with Gasteiger partial charge in [0, 0.05) is 5.69 Å². The molecule has 0 bridgehead atoms. The van der Waals surface area contributed by atoms with Crippen LogP contribution < -0.4 is 10.5 Å². The average molecular weight is 245 g/mol. The molecular formula is C12H15N5O. The molecule has 0 unspecified atom stereocenters. The fourth-order valence-corrected chi connectivity index (χ4v) is 1.89. The Morgan fingerprint density at radius 2 is 2.28 bits per heavy atom. The van der Waals surface area contributed by atoms with E-state index in [1.54, 1.807) is 0 Å². The standard InChI is InChI=1S/C12H15N5O/c1-8-6-9(13)2-5-11(8)18-7-12-14-15-16-17(12)10-3-4-10/h2,5-6,10H,3-4,7,13H2,1H3. The monoisotopic (exact) mass is 245 g/mol. The van der Waals surface area contributed by atoms with Gasteiger partial charge in [-0.3, -0.25) is 0 Å². The second kappa shape index (κ2) is 4.29. The first kappa shape index (κ1) is 11.0. The Kier molecular flexibility index (Phi) is 2.62. The molecule has 1 aromatic heterocycles. The summed E-state index contributed by atoms with van der Waals surface area (Å²) in [5.74, 6) is 1.59. The van der Waals surface area contributed by atoms with E-state index in [1.165, 1.54) is 0 Å². The molecule has 0 amide bonds. The Bertz CT molecular complexity index is 561. The quantitative estimate of drug-likeness (QED) is 0.825. The molecule has 1 aromatic carbocycles. The van der Waals surface area contributed by atoms with E-state index in [0.717, 1.165) is 35.7 Å². The molecule has 18 heavy (non-hydrogen) atoms. The van der Waals surface area contributed by atoms with Crippen molar-refractivity contribution in [2.75, 3.05) is 5.73 Å². The highest BCUT2D eigenvalue weighted by atomic mass is 16.5. The minimum absolute atomic E-state index is 0.383. The number of nitrogens with two attached hydrogens (primary N) is 1. The molecule has 1 heterocycles. The normalized spacial score (nSPS) is 14.7. The fraction of sp³-hybridized carbons (Fsp3) is 0.417. The van der Waals surface area contributed by atoms with E-state index in [2.05, 4.69) is 15.5 Å². The molecule has 3 rings (SSSR count). The van der Waals surface area contributed by atoms with Gasteiger partial charge in [0.05, 0.1) is 6.04 Å². The van der Waals surface area contributed by atoms with Gasteiger partial charge in [-0.2, -0.15) is 0 Å². The van der Waals surface area contributed by atoms with Gasteiger partial charge < -0.3 is 10.5 Å². The molecule has 2 aromatic rings. The summed E-state index contributed by atoms with van der Waals surface area (Å²) in [7, 11) is 0. The van der Waals surface area contributed by atoms with Gasteiger partial charge in [-0.1, -0.05) is 0 Å². The third kappa shape index (κ3) is 2.13. The van der Waals surface area contributed by atoms with Crippen molar-refractivity contribution >= 4 is 5.69 Å². The Morgan fingerprint density at radius 1 is 1.44 bits per heavy atom. The Labute approximate surface area is 105 Å². The number of nitrogen functional groups attached to an aromatic ring is 1. The van der Waals surface area contributed by atoms with E-state index < -0.39 is 0 Å². The van der Waals surface area contributed by atoms with E-state index in [0.29, 0.717) is 12.6 Å². The molecular weight excluding hydrogens is 230 g/mol. The number of anilines is 1. The Hall–Kier alpha value is -2.11. The number of rotatable bonds is 4. The number of ether oxygens (including phenoxy) is 1. The number of hydrogen-bond donors (Lipinski definition) is 1. The molecule has 0 spiro atoms. The van der Waals surface area contributed by atoms with Crippen LogP contribution in [0.15, 0.2) is 18.2 Å². The van der Waals surface area contributed by atoms with E-state index in [4.69, 9.17) is 10.5 Å². The second-order valence-corrected chi connectivity index (χ2v) is 4.58. The van der Waals surface area contributed by atoms with Crippen LogP contribution in [0.2, 0.25) is 0 Å². The summed E-state index contributed by atoms with van der Waals surface area (Å²) in [6, 6.07) is 6.05. The molecule has 0 radical (unpaired) electrons. The van der Waals surface area contributed by atoms with Crippen LogP contribution in [0.4, 0.5) is 5.69 Å². The third-order valence-corrected chi connectivity index (χ3v) is 3.01. The topological polar surface area (TPSA) is 78.8 Å². The number of nitrogens with zero attached hydrogens (tertiary/aromatic N) is 4. The largest absolute Gasteiger partial charge is 0.485 e. The van der Waals surface area contributed by atoms with Crippen molar-refractivity contribution in [3.63, 3.8) is 0 Å². The molecule has 1 fully saturated rings. The Balaban J connectivity index is 1.71. The third-order valence-electron chi connectivity index (χ3n) is 3.01. The molecule has 0 atom stereocenters. The predicted octanol–water partition coefficient (Wildman–Crippen LogP) is 1.48. The van der Waals surface area contributed by atoms with Crippen molar-refractivity contribution in [3.05, 3.63) is 29.6 Å². The smallest absolute Gasteiger partial charge is 0.189 e. The molecule has 1 saturated carbocycles. The van der Waals surface area contributed by atoms with Gasteiger partial charge in [0.1, 0.15) is 12.4 Å². The van der Waals surface area contributed by atoms with Gasteiger partial charge in [0.15, 0.2) is 5.82 Å². The van der Waals surface area contributed by atoms with Crippen molar-refractivity contribution in [2.45, 2.75) is 32.4 Å². The van der Waals surface area contributed by atoms with Crippen molar-refractivity contribution in [1.29, 1.82) is 0 Å². The SMILES string of the molecule is Cc1cc(N)ccc1OCc1nnnn1C1CC1. The van der Waals surface area contributed by atoms with Crippen LogP contribution in [0.5, 0.6) is 5.75 Å². The predicted molar refractivity (Wildman–Crippen MR) is 66.0 cm³/mol. The number of aryl methyl sites for hydroxylation is 1.